The number of aryl methyl sites for hydroxylation is 1. The second-order valence-electron chi connectivity index (χ2n) is 7.19. The first kappa shape index (κ1) is 16.8. The molecule has 0 fully saturated rings. The van der Waals surface area contributed by atoms with Crippen LogP contribution < -0.4 is 5.56 Å². The summed E-state index contributed by atoms with van der Waals surface area (Å²) in [5.74, 6) is 0.893. The van der Waals surface area contributed by atoms with Crippen molar-refractivity contribution in [2.45, 2.75) is 32.9 Å². The van der Waals surface area contributed by atoms with Gasteiger partial charge in [0, 0.05) is 5.75 Å². The summed E-state index contributed by atoms with van der Waals surface area (Å²) in [5, 5.41) is 1.41. The number of nitrogens with zero attached hydrogens (tertiary/aromatic N) is 2. The Balaban J connectivity index is 2.26. The lowest BCUT2D eigenvalue weighted by Gasteiger charge is -2.20. The minimum Gasteiger partial charge on any atom is -0.268 e. The molecule has 0 radical (unpaired) electrons. The van der Waals surface area contributed by atoms with Crippen LogP contribution >= 0.6 is 11.8 Å². The molecule has 1 heterocycles. The zero-order valence-electron chi connectivity index (χ0n) is 14.5. The average Bonchev–Trinajstić information content (AvgIpc) is 2.53. The molecule has 24 heavy (non-hydrogen) atoms. The maximum Gasteiger partial charge on any atom is 0.266 e. The van der Waals surface area contributed by atoms with Crippen LogP contribution in [0.1, 0.15) is 26.3 Å². The Morgan fingerprint density at radius 3 is 2.42 bits per heavy atom. The molecule has 3 aromatic rings. The van der Waals surface area contributed by atoms with Crippen LogP contribution in [0.3, 0.4) is 0 Å². The van der Waals surface area contributed by atoms with Crippen molar-refractivity contribution < 1.29 is 0 Å². The predicted octanol–water partition coefficient (Wildman–Crippen LogP) is 4.83. The van der Waals surface area contributed by atoms with E-state index in [1.54, 1.807) is 16.3 Å². The predicted molar refractivity (Wildman–Crippen MR) is 102 cm³/mol. The Morgan fingerprint density at radius 1 is 1.04 bits per heavy atom. The van der Waals surface area contributed by atoms with Crippen LogP contribution in [0.5, 0.6) is 0 Å². The third-order valence-electron chi connectivity index (χ3n) is 3.74. The maximum atomic E-state index is 13.1. The number of benzene rings is 2. The fourth-order valence-electron chi connectivity index (χ4n) is 2.52. The van der Waals surface area contributed by atoms with Gasteiger partial charge in [-0.3, -0.25) is 9.36 Å². The third kappa shape index (κ3) is 3.39. The van der Waals surface area contributed by atoms with Crippen LogP contribution in [0.4, 0.5) is 0 Å². The lowest BCUT2D eigenvalue weighted by atomic mass is 10.0. The van der Waals surface area contributed by atoms with Crippen molar-refractivity contribution in [3.63, 3.8) is 0 Å². The number of rotatable bonds is 3. The van der Waals surface area contributed by atoms with Gasteiger partial charge in [0.25, 0.3) is 5.56 Å². The van der Waals surface area contributed by atoms with Gasteiger partial charge in [-0.05, 0) is 36.1 Å². The van der Waals surface area contributed by atoms with E-state index in [0.717, 1.165) is 27.7 Å². The van der Waals surface area contributed by atoms with E-state index in [4.69, 9.17) is 4.98 Å². The third-order valence-corrected chi connectivity index (χ3v) is 5.28. The molecule has 0 aliphatic heterocycles. The number of fused-ring (bicyclic) bond motifs is 1. The standard InChI is InChI=1S/C20H22N2OS/c1-14-9-5-8-12-17(14)22-18(23)15-10-6-7-11-16(15)21-19(22)24-13-20(2,3)4/h5-12H,13H2,1-4H3. The molecule has 0 aliphatic carbocycles. The van der Waals surface area contributed by atoms with Gasteiger partial charge in [0.05, 0.1) is 16.6 Å². The number of aromatic nitrogens is 2. The highest BCUT2D eigenvalue weighted by Gasteiger charge is 2.17. The Kier molecular flexibility index (Phi) is 4.50. The van der Waals surface area contributed by atoms with E-state index in [9.17, 15) is 4.79 Å². The van der Waals surface area contributed by atoms with Crippen molar-refractivity contribution in [1.82, 2.24) is 9.55 Å². The van der Waals surface area contributed by atoms with Crippen molar-refractivity contribution in [2.75, 3.05) is 5.75 Å². The monoisotopic (exact) mass is 338 g/mol. The minimum atomic E-state index is -0.00805. The SMILES string of the molecule is Cc1ccccc1-n1c(SCC(C)(C)C)nc2ccccc2c1=O. The van der Waals surface area contributed by atoms with Gasteiger partial charge in [0.1, 0.15) is 0 Å². The molecular weight excluding hydrogens is 316 g/mol. The molecule has 0 N–H and O–H groups in total. The first-order valence-electron chi connectivity index (χ1n) is 8.07. The Bertz CT molecular complexity index is 938. The summed E-state index contributed by atoms with van der Waals surface area (Å²) in [6, 6.07) is 15.5. The van der Waals surface area contributed by atoms with Crippen LogP contribution in [0, 0.1) is 12.3 Å². The molecule has 3 nitrogen and oxygen atoms in total. The van der Waals surface area contributed by atoms with Crippen LogP contribution in [0.15, 0.2) is 58.5 Å². The number of hydrogen-bond acceptors (Lipinski definition) is 3. The van der Waals surface area contributed by atoms with Gasteiger partial charge < -0.3 is 0 Å². The van der Waals surface area contributed by atoms with Gasteiger partial charge in [-0.25, -0.2) is 4.98 Å². The van der Waals surface area contributed by atoms with Crippen molar-refractivity contribution in [2.24, 2.45) is 5.41 Å². The molecule has 0 spiro atoms. The van der Waals surface area contributed by atoms with E-state index >= 15 is 0 Å². The van der Waals surface area contributed by atoms with Crippen molar-refractivity contribution >= 4 is 22.7 Å². The van der Waals surface area contributed by atoms with Crippen LogP contribution in [0.2, 0.25) is 0 Å². The van der Waals surface area contributed by atoms with Gasteiger partial charge in [0.2, 0.25) is 0 Å². The Morgan fingerprint density at radius 2 is 1.71 bits per heavy atom. The lowest BCUT2D eigenvalue weighted by Crippen LogP contribution is -2.23. The highest BCUT2D eigenvalue weighted by Crippen LogP contribution is 2.28. The highest BCUT2D eigenvalue weighted by atomic mass is 32.2. The second-order valence-corrected chi connectivity index (χ2v) is 8.13. The molecule has 0 unspecified atom stereocenters. The molecule has 0 bridgehead atoms. The van der Waals surface area contributed by atoms with E-state index < -0.39 is 0 Å². The van der Waals surface area contributed by atoms with Gasteiger partial charge in [-0.2, -0.15) is 0 Å². The van der Waals surface area contributed by atoms with E-state index in [1.807, 2.05) is 55.5 Å². The summed E-state index contributed by atoms with van der Waals surface area (Å²) in [4.78, 5) is 17.9. The quantitative estimate of drug-likeness (QED) is 0.507. The fraction of sp³-hybridized carbons (Fsp3) is 0.300. The smallest absolute Gasteiger partial charge is 0.266 e. The zero-order chi connectivity index (χ0) is 17.3. The van der Waals surface area contributed by atoms with Gasteiger partial charge >= 0.3 is 0 Å². The van der Waals surface area contributed by atoms with Crippen molar-refractivity contribution in [3.05, 3.63) is 64.4 Å². The topological polar surface area (TPSA) is 34.9 Å². The van der Waals surface area contributed by atoms with Crippen molar-refractivity contribution in [1.29, 1.82) is 0 Å². The van der Waals surface area contributed by atoms with E-state index in [0.29, 0.717) is 5.39 Å². The number of para-hydroxylation sites is 2. The second kappa shape index (κ2) is 6.44. The molecular formula is C20H22N2OS. The first-order valence-corrected chi connectivity index (χ1v) is 9.06. The zero-order valence-corrected chi connectivity index (χ0v) is 15.4. The largest absolute Gasteiger partial charge is 0.268 e. The summed E-state index contributed by atoms with van der Waals surface area (Å²) in [7, 11) is 0. The molecule has 3 rings (SSSR count). The summed E-state index contributed by atoms with van der Waals surface area (Å²) < 4.78 is 1.76. The first-order chi connectivity index (χ1) is 11.4. The number of thioether (sulfide) groups is 1. The van der Waals surface area contributed by atoms with Gasteiger partial charge in [0.15, 0.2) is 5.16 Å². The summed E-state index contributed by atoms with van der Waals surface area (Å²) >= 11 is 1.64. The summed E-state index contributed by atoms with van der Waals surface area (Å²) in [6.07, 6.45) is 0. The normalized spacial score (nSPS) is 11.8. The molecule has 0 saturated carbocycles. The van der Waals surface area contributed by atoms with Crippen LogP contribution in [0.25, 0.3) is 16.6 Å². The molecule has 4 heteroatoms. The fourth-order valence-corrected chi connectivity index (χ4v) is 3.55. The molecule has 124 valence electrons. The maximum absolute atomic E-state index is 13.1. The molecule has 0 saturated heterocycles. The Labute approximate surface area is 146 Å². The van der Waals surface area contributed by atoms with E-state index in [1.165, 1.54) is 0 Å². The molecule has 1 aromatic heterocycles. The average molecular weight is 338 g/mol. The summed E-state index contributed by atoms with van der Waals surface area (Å²) in [5.41, 5.74) is 2.87. The van der Waals surface area contributed by atoms with E-state index in [-0.39, 0.29) is 11.0 Å². The lowest BCUT2D eigenvalue weighted by molar-refractivity contribution is 0.480. The van der Waals surface area contributed by atoms with Gasteiger partial charge in [-0.1, -0.05) is 62.9 Å². The van der Waals surface area contributed by atoms with Crippen LogP contribution in [-0.2, 0) is 0 Å². The minimum absolute atomic E-state index is 0.00805. The molecule has 0 atom stereocenters. The van der Waals surface area contributed by atoms with E-state index in [2.05, 4.69) is 20.8 Å². The highest BCUT2D eigenvalue weighted by molar-refractivity contribution is 7.99. The molecule has 0 aliphatic rings. The number of hydrogen-bond donors (Lipinski definition) is 0. The van der Waals surface area contributed by atoms with Crippen LogP contribution in [-0.4, -0.2) is 15.3 Å². The Hall–Kier alpha value is -2.07. The molecule has 2 aromatic carbocycles. The summed E-state index contributed by atoms with van der Waals surface area (Å²) in [6.45, 7) is 8.60. The van der Waals surface area contributed by atoms with Crippen molar-refractivity contribution in [3.8, 4) is 5.69 Å². The van der Waals surface area contributed by atoms with Gasteiger partial charge in [-0.15, -0.1) is 0 Å². The molecule has 0 amide bonds.